The van der Waals surface area contributed by atoms with Gasteiger partial charge in [-0.1, -0.05) is 63.5 Å². The molecule has 0 aromatic rings. The summed E-state index contributed by atoms with van der Waals surface area (Å²) in [4.78, 5) is 23.9. The Morgan fingerprint density at radius 3 is 1.35 bits per heavy atom. The second kappa shape index (κ2) is 19.1. The number of nitrogens with one attached hydrogen (secondary N) is 2. The van der Waals surface area contributed by atoms with E-state index in [0.29, 0.717) is 0 Å². The van der Waals surface area contributed by atoms with Gasteiger partial charge in [-0.2, -0.15) is 0 Å². The van der Waals surface area contributed by atoms with Crippen molar-refractivity contribution in [3.8, 4) is 0 Å². The molecule has 0 aromatic heterocycles. The molecule has 2 amide bonds. The van der Waals surface area contributed by atoms with Crippen molar-refractivity contribution in [1.82, 2.24) is 10.6 Å². The predicted molar refractivity (Wildman–Crippen MR) is 126 cm³/mol. The summed E-state index contributed by atoms with van der Waals surface area (Å²) in [5.74, 6) is -0.168. The molecule has 0 saturated heterocycles. The number of rotatable bonds is 20. The van der Waals surface area contributed by atoms with Crippen molar-refractivity contribution in [2.75, 3.05) is 13.2 Å². The van der Waals surface area contributed by atoms with E-state index in [0.717, 1.165) is 70.6 Å². The first kappa shape index (κ1) is 27.4. The van der Waals surface area contributed by atoms with E-state index in [2.05, 4.69) is 10.6 Å². The van der Waals surface area contributed by atoms with Gasteiger partial charge in [0.05, 0.1) is 12.1 Å². The Hall–Kier alpha value is -1.66. The minimum Gasteiger partial charge on any atom is -0.396 e. The average molecular weight is 437 g/mol. The van der Waals surface area contributed by atoms with Gasteiger partial charge in [0.2, 0.25) is 11.8 Å². The van der Waals surface area contributed by atoms with Crippen LogP contribution in [0, 0.1) is 0 Å². The fourth-order valence-electron chi connectivity index (χ4n) is 3.52. The van der Waals surface area contributed by atoms with E-state index >= 15 is 0 Å². The standard InChI is InChI=1S/C25H44N2O4/c28-19-15-11-7-3-1-5-9-13-17-24(30)26-22-21-23(22)27-25(31)18-14-10-6-2-4-8-12-16-20-29/h13-14,17-18,22-23,28-29H,1-12,15-16,19-21H2,(H,26,30)(H,27,31)/t22-,23+. The van der Waals surface area contributed by atoms with E-state index < -0.39 is 0 Å². The van der Waals surface area contributed by atoms with Gasteiger partial charge in [-0.15, -0.1) is 0 Å². The highest BCUT2D eigenvalue weighted by molar-refractivity contribution is 5.89. The van der Waals surface area contributed by atoms with Gasteiger partial charge in [-0.25, -0.2) is 0 Å². The summed E-state index contributed by atoms with van der Waals surface area (Å²) in [6, 6.07) is 0.0832. The average Bonchev–Trinajstić information content (AvgIpc) is 3.47. The third kappa shape index (κ3) is 16.7. The minimum atomic E-state index is -0.0841. The highest BCUT2D eigenvalue weighted by Gasteiger charge is 2.38. The van der Waals surface area contributed by atoms with Crippen LogP contribution in [-0.4, -0.2) is 47.3 Å². The number of aliphatic hydroxyl groups excluding tert-OH is 2. The lowest BCUT2D eigenvalue weighted by molar-refractivity contribution is -0.118. The summed E-state index contributed by atoms with van der Waals surface area (Å²) in [5.41, 5.74) is 0. The van der Waals surface area contributed by atoms with Crippen LogP contribution in [-0.2, 0) is 9.59 Å². The molecule has 0 spiro atoms. The quantitative estimate of drug-likeness (QED) is 0.172. The molecule has 0 unspecified atom stereocenters. The molecule has 0 aliphatic heterocycles. The number of allylic oxidation sites excluding steroid dienone is 2. The Balaban J connectivity index is 1.97. The van der Waals surface area contributed by atoms with Crippen LogP contribution in [0.15, 0.2) is 24.3 Å². The van der Waals surface area contributed by atoms with Gasteiger partial charge in [0.25, 0.3) is 0 Å². The molecule has 1 fully saturated rings. The van der Waals surface area contributed by atoms with Crippen molar-refractivity contribution in [3.05, 3.63) is 24.3 Å². The Kier molecular flexibility index (Phi) is 16.8. The van der Waals surface area contributed by atoms with Gasteiger partial charge in [0.15, 0.2) is 0 Å². The molecule has 0 aromatic carbocycles. The SMILES string of the molecule is O=C(C=CCCCCCCCCO)N[C@H]1C[C@H]1NC(=O)C=CCCCCCCCCO. The smallest absolute Gasteiger partial charge is 0.243 e. The molecule has 1 rings (SSSR count). The van der Waals surface area contributed by atoms with E-state index in [1.54, 1.807) is 12.2 Å². The summed E-state index contributed by atoms with van der Waals surface area (Å²) >= 11 is 0. The monoisotopic (exact) mass is 436 g/mol. The zero-order valence-electron chi connectivity index (χ0n) is 19.2. The number of aliphatic hydroxyl groups is 2. The first-order chi connectivity index (χ1) is 15.2. The predicted octanol–water partition coefficient (Wildman–Crippen LogP) is 3.92. The molecule has 178 valence electrons. The van der Waals surface area contributed by atoms with E-state index in [4.69, 9.17) is 10.2 Å². The molecule has 1 aliphatic rings. The van der Waals surface area contributed by atoms with Crippen molar-refractivity contribution in [2.24, 2.45) is 0 Å². The number of hydrogen-bond acceptors (Lipinski definition) is 4. The van der Waals surface area contributed by atoms with E-state index in [9.17, 15) is 9.59 Å². The van der Waals surface area contributed by atoms with Gasteiger partial charge in [-0.3, -0.25) is 9.59 Å². The molecule has 1 aliphatic carbocycles. The van der Waals surface area contributed by atoms with E-state index in [-0.39, 0.29) is 37.1 Å². The van der Waals surface area contributed by atoms with E-state index in [1.807, 2.05) is 12.2 Å². The molecule has 0 heterocycles. The number of carbonyl (C=O) groups is 2. The van der Waals surface area contributed by atoms with Crippen LogP contribution < -0.4 is 10.6 Å². The van der Waals surface area contributed by atoms with Crippen LogP contribution in [0.3, 0.4) is 0 Å². The third-order valence-corrected chi connectivity index (χ3v) is 5.54. The number of unbranched alkanes of at least 4 members (excludes halogenated alkanes) is 12. The van der Waals surface area contributed by atoms with E-state index in [1.165, 1.54) is 25.7 Å². The lowest BCUT2D eigenvalue weighted by Crippen LogP contribution is -2.33. The summed E-state index contributed by atoms with van der Waals surface area (Å²) in [5, 5.41) is 23.3. The first-order valence-corrected chi connectivity index (χ1v) is 12.3. The van der Waals surface area contributed by atoms with Crippen LogP contribution >= 0.6 is 0 Å². The van der Waals surface area contributed by atoms with Crippen LogP contribution in [0.4, 0.5) is 0 Å². The molecular formula is C25H44N2O4. The molecular weight excluding hydrogens is 392 g/mol. The van der Waals surface area contributed by atoms with Crippen LogP contribution in [0.2, 0.25) is 0 Å². The molecule has 31 heavy (non-hydrogen) atoms. The molecule has 0 bridgehead atoms. The summed E-state index contributed by atoms with van der Waals surface area (Å²) in [6.45, 7) is 0.571. The Labute approximate surface area is 188 Å². The van der Waals surface area contributed by atoms with Crippen LogP contribution in [0.1, 0.15) is 96.3 Å². The maximum atomic E-state index is 11.9. The first-order valence-electron chi connectivity index (χ1n) is 12.3. The van der Waals surface area contributed by atoms with Gasteiger partial charge >= 0.3 is 0 Å². The fourth-order valence-corrected chi connectivity index (χ4v) is 3.52. The fraction of sp³-hybridized carbons (Fsp3) is 0.760. The van der Waals surface area contributed by atoms with Gasteiger partial charge in [-0.05, 0) is 57.1 Å². The van der Waals surface area contributed by atoms with Crippen LogP contribution in [0.5, 0.6) is 0 Å². The lowest BCUT2D eigenvalue weighted by atomic mass is 10.1. The number of carbonyl (C=O) groups excluding carboxylic acids is 2. The Morgan fingerprint density at radius 2 is 0.968 bits per heavy atom. The van der Waals surface area contributed by atoms with Crippen LogP contribution in [0.25, 0.3) is 0 Å². The lowest BCUT2D eigenvalue weighted by Gasteiger charge is -2.03. The molecule has 6 heteroatoms. The summed E-state index contributed by atoms with van der Waals surface area (Å²) < 4.78 is 0. The molecule has 1 saturated carbocycles. The zero-order chi connectivity index (χ0) is 22.6. The van der Waals surface area contributed by atoms with Crippen molar-refractivity contribution in [2.45, 2.75) is 108 Å². The van der Waals surface area contributed by atoms with Crippen molar-refractivity contribution < 1.29 is 19.8 Å². The largest absolute Gasteiger partial charge is 0.396 e. The molecule has 0 radical (unpaired) electrons. The number of amides is 2. The van der Waals surface area contributed by atoms with Crippen molar-refractivity contribution >= 4 is 11.8 Å². The van der Waals surface area contributed by atoms with Crippen molar-refractivity contribution in [1.29, 1.82) is 0 Å². The normalized spacial score (nSPS) is 18.0. The summed E-state index contributed by atoms with van der Waals surface area (Å²) in [7, 11) is 0. The zero-order valence-corrected chi connectivity index (χ0v) is 19.2. The van der Waals surface area contributed by atoms with Gasteiger partial charge in [0, 0.05) is 13.2 Å². The molecule has 2 atom stereocenters. The second-order valence-electron chi connectivity index (χ2n) is 8.54. The number of hydrogen-bond donors (Lipinski definition) is 4. The summed E-state index contributed by atoms with van der Waals surface area (Å²) in [6.07, 6.45) is 22.8. The van der Waals surface area contributed by atoms with Gasteiger partial charge in [0.1, 0.15) is 0 Å². The third-order valence-electron chi connectivity index (χ3n) is 5.54. The molecule has 4 N–H and O–H groups in total. The molecule has 6 nitrogen and oxygen atoms in total. The minimum absolute atomic E-state index is 0.0416. The highest BCUT2D eigenvalue weighted by atomic mass is 16.3. The Bertz CT molecular complexity index is 488. The highest BCUT2D eigenvalue weighted by Crippen LogP contribution is 2.21. The second-order valence-corrected chi connectivity index (χ2v) is 8.54. The van der Waals surface area contributed by atoms with Crippen molar-refractivity contribution in [3.63, 3.8) is 0 Å². The van der Waals surface area contributed by atoms with Gasteiger partial charge < -0.3 is 20.8 Å². The Morgan fingerprint density at radius 1 is 0.613 bits per heavy atom. The maximum absolute atomic E-state index is 11.9. The topological polar surface area (TPSA) is 98.7 Å². The maximum Gasteiger partial charge on any atom is 0.243 e.